The van der Waals surface area contributed by atoms with Crippen molar-refractivity contribution in [1.82, 2.24) is 5.32 Å². The maximum atomic E-state index is 3.62. The average molecular weight is 253 g/mol. The van der Waals surface area contributed by atoms with Gasteiger partial charge in [-0.05, 0) is 31.7 Å². The van der Waals surface area contributed by atoms with Gasteiger partial charge in [0.1, 0.15) is 0 Å². The van der Waals surface area contributed by atoms with E-state index in [1.165, 1.54) is 83.6 Å². The molecule has 2 fully saturated rings. The average Bonchev–Trinajstić information content (AvgIpc) is 2.42. The predicted octanol–water partition coefficient (Wildman–Crippen LogP) is 5.30. The summed E-state index contributed by atoms with van der Waals surface area (Å²) in [4.78, 5) is 0. The molecular formula is C17H35N. The highest BCUT2D eigenvalue weighted by atomic mass is 14.9. The lowest BCUT2D eigenvalue weighted by atomic mass is 9.91. The van der Waals surface area contributed by atoms with E-state index in [-0.39, 0.29) is 0 Å². The second kappa shape index (κ2) is 10.8. The van der Waals surface area contributed by atoms with Gasteiger partial charge < -0.3 is 5.32 Å². The van der Waals surface area contributed by atoms with Crippen LogP contribution in [-0.2, 0) is 0 Å². The first-order chi connectivity index (χ1) is 8.83. The van der Waals surface area contributed by atoms with Crippen LogP contribution in [0.3, 0.4) is 0 Å². The Morgan fingerprint density at radius 3 is 1.83 bits per heavy atom. The molecule has 0 unspecified atom stereocenters. The molecule has 1 nitrogen and oxygen atoms in total. The quantitative estimate of drug-likeness (QED) is 0.671. The van der Waals surface area contributed by atoms with E-state index in [0.29, 0.717) is 0 Å². The summed E-state index contributed by atoms with van der Waals surface area (Å²) in [7, 11) is 0. The monoisotopic (exact) mass is 253 g/mol. The normalized spacial score (nSPS) is 22.3. The van der Waals surface area contributed by atoms with E-state index in [9.17, 15) is 0 Å². The number of hydrogen-bond donors (Lipinski definition) is 1. The van der Waals surface area contributed by atoms with Crippen LogP contribution < -0.4 is 5.32 Å². The van der Waals surface area contributed by atoms with Crippen molar-refractivity contribution < 1.29 is 0 Å². The van der Waals surface area contributed by atoms with Crippen molar-refractivity contribution in [3.05, 3.63) is 0 Å². The van der Waals surface area contributed by atoms with Gasteiger partial charge in [-0.3, -0.25) is 0 Å². The molecule has 0 aromatic heterocycles. The van der Waals surface area contributed by atoms with Crippen molar-refractivity contribution >= 4 is 0 Å². The summed E-state index contributed by atoms with van der Waals surface area (Å²) in [6, 6.07) is 0.857. The fourth-order valence-electron chi connectivity index (χ4n) is 3.10. The fraction of sp³-hybridized carbons (Fsp3) is 1.00. The number of nitrogens with one attached hydrogen (secondary N) is 1. The van der Waals surface area contributed by atoms with E-state index in [0.717, 1.165) is 12.0 Å². The van der Waals surface area contributed by atoms with Crippen LogP contribution in [0, 0.1) is 5.92 Å². The SMILES string of the molecule is CC1CCCCC1.CCCCNC1CCCCC1. The highest BCUT2D eigenvalue weighted by molar-refractivity contribution is 4.71. The summed E-state index contributed by atoms with van der Waals surface area (Å²) in [6.45, 7) is 5.85. The maximum Gasteiger partial charge on any atom is 0.00670 e. The molecular weight excluding hydrogens is 218 g/mol. The first-order valence-corrected chi connectivity index (χ1v) is 8.56. The molecule has 0 heterocycles. The molecule has 18 heavy (non-hydrogen) atoms. The molecule has 1 heteroatoms. The van der Waals surface area contributed by atoms with Crippen molar-refractivity contribution in [2.24, 2.45) is 5.92 Å². The Morgan fingerprint density at radius 2 is 1.39 bits per heavy atom. The topological polar surface area (TPSA) is 12.0 Å². The van der Waals surface area contributed by atoms with Crippen LogP contribution in [0.1, 0.15) is 90.9 Å². The lowest BCUT2D eigenvalue weighted by molar-refractivity contribution is 0.372. The van der Waals surface area contributed by atoms with Gasteiger partial charge in [0.25, 0.3) is 0 Å². The predicted molar refractivity (Wildman–Crippen MR) is 82.0 cm³/mol. The Hall–Kier alpha value is -0.0400. The smallest absolute Gasteiger partial charge is 0.00670 e. The van der Waals surface area contributed by atoms with Crippen molar-refractivity contribution in [3.63, 3.8) is 0 Å². The van der Waals surface area contributed by atoms with Gasteiger partial charge in [0.05, 0.1) is 0 Å². The zero-order valence-corrected chi connectivity index (χ0v) is 12.8. The van der Waals surface area contributed by atoms with E-state index >= 15 is 0 Å². The number of rotatable bonds is 4. The van der Waals surface area contributed by atoms with E-state index < -0.39 is 0 Å². The molecule has 2 saturated carbocycles. The molecule has 2 aliphatic rings. The molecule has 0 saturated heterocycles. The summed E-state index contributed by atoms with van der Waals surface area (Å²) >= 11 is 0. The fourth-order valence-corrected chi connectivity index (χ4v) is 3.10. The Morgan fingerprint density at radius 1 is 0.833 bits per heavy atom. The van der Waals surface area contributed by atoms with Crippen LogP contribution >= 0.6 is 0 Å². The van der Waals surface area contributed by atoms with Crippen LogP contribution in [-0.4, -0.2) is 12.6 Å². The molecule has 0 radical (unpaired) electrons. The third-order valence-electron chi connectivity index (χ3n) is 4.46. The summed E-state index contributed by atoms with van der Waals surface area (Å²) in [6.07, 6.45) is 17.3. The highest BCUT2D eigenvalue weighted by Gasteiger charge is 2.11. The molecule has 1 N–H and O–H groups in total. The first kappa shape index (κ1) is 16.0. The number of hydrogen-bond acceptors (Lipinski definition) is 1. The van der Waals surface area contributed by atoms with Crippen LogP contribution in [0.5, 0.6) is 0 Å². The third kappa shape index (κ3) is 8.13. The summed E-state index contributed by atoms with van der Waals surface area (Å²) < 4.78 is 0. The minimum Gasteiger partial charge on any atom is -0.314 e. The molecule has 108 valence electrons. The molecule has 0 atom stereocenters. The van der Waals surface area contributed by atoms with Gasteiger partial charge in [0, 0.05) is 6.04 Å². The molecule has 0 aromatic carbocycles. The standard InChI is InChI=1S/C10H21N.C7H14/c1-2-3-9-11-10-7-5-4-6-8-10;1-7-5-3-2-4-6-7/h10-11H,2-9H2,1H3;7H,2-6H2,1H3. The summed E-state index contributed by atoms with van der Waals surface area (Å²) in [5.74, 6) is 1.04. The molecule has 0 amide bonds. The second-order valence-corrected chi connectivity index (χ2v) is 6.39. The Kier molecular flexibility index (Phi) is 9.65. The van der Waals surface area contributed by atoms with Crippen molar-refractivity contribution in [2.75, 3.05) is 6.54 Å². The van der Waals surface area contributed by atoms with Gasteiger partial charge in [-0.1, -0.05) is 71.6 Å². The molecule has 0 aliphatic heterocycles. The van der Waals surface area contributed by atoms with Crippen molar-refractivity contribution in [2.45, 2.75) is 96.9 Å². The Labute approximate surface area is 115 Å². The lowest BCUT2D eigenvalue weighted by Crippen LogP contribution is -2.31. The summed E-state index contributed by atoms with van der Waals surface area (Å²) in [5, 5.41) is 3.62. The van der Waals surface area contributed by atoms with Crippen LogP contribution in [0.25, 0.3) is 0 Å². The molecule has 2 aliphatic carbocycles. The van der Waals surface area contributed by atoms with E-state index in [4.69, 9.17) is 0 Å². The lowest BCUT2D eigenvalue weighted by Gasteiger charge is -2.22. The van der Waals surface area contributed by atoms with E-state index in [1.54, 1.807) is 0 Å². The number of unbranched alkanes of at least 4 members (excludes halogenated alkanes) is 1. The largest absolute Gasteiger partial charge is 0.314 e. The third-order valence-corrected chi connectivity index (χ3v) is 4.46. The van der Waals surface area contributed by atoms with Gasteiger partial charge in [0.15, 0.2) is 0 Å². The molecule has 2 rings (SSSR count). The second-order valence-electron chi connectivity index (χ2n) is 6.39. The van der Waals surface area contributed by atoms with Gasteiger partial charge in [-0.25, -0.2) is 0 Å². The van der Waals surface area contributed by atoms with Gasteiger partial charge in [-0.2, -0.15) is 0 Å². The van der Waals surface area contributed by atoms with Crippen molar-refractivity contribution in [3.8, 4) is 0 Å². The van der Waals surface area contributed by atoms with E-state index in [2.05, 4.69) is 19.2 Å². The van der Waals surface area contributed by atoms with Gasteiger partial charge in [0.2, 0.25) is 0 Å². The zero-order valence-electron chi connectivity index (χ0n) is 12.8. The van der Waals surface area contributed by atoms with Crippen LogP contribution in [0.15, 0.2) is 0 Å². The molecule has 0 aromatic rings. The van der Waals surface area contributed by atoms with Gasteiger partial charge in [-0.15, -0.1) is 0 Å². The van der Waals surface area contributed by atoms with Crippen LogP contribution in [0.2, 0.25) is 0 Å². The minimum atomic E-state index is 0.857. The highest BCUT2D eigenvalue weighted by Crippen LogP contribution is 2.22. The van der Waals surface area contributed by atoms with Crippen LogP contribution in [0.4, 0.5) is 0 Å². The van der Waals surface area contributed by atoms with Crippen molar-refractivity contribution in [1.29, 1.82) is 0 Å². The molecule has 0 spiro atoms. The minimum absolute atomic E-state index is 0.857. The molecule has 0 bridgehead atoms. The Balaban J connectivity index is 0.000000199. The Bertz CT molecular complexity index is 166. The summed E-state index contributed by atoms with van der Waals surface area (Å²) in [5.41, 5.74) is 0. The van der Waals surface area contributed by atoms with E-state index in [1.807, 2.05) is 0 Å². The maximum absolute atomic E-state index is 3.62. The first-order valence-electron chi connectivity index (χ1n) is 8.56. The zero-order chi connectivity index (χ0) is 13.1. The van der Waals surface area contributed by atoms with Gasteiger partial charge >= 0.3 is 0 Å².